The number of nitrogens with one attached hydrogen (secondary N) is 1. The highest BCUT2D eigenvalue weighted by Crippen LogP contribution is 2.15. The van der Waals surface area contributed by atoms with Crippen molar-refractivity contribution in [1.82, 2.24) is 10.2 Å². The summed E-state index contributed by atoms with van der Waals surface area (Å²) < 4.78 is 0. The second-order valence-corrected chi connectivity index (χ2v) is 5.30. The van der Waals surface area contributed by atoms with E-state index in [1.54, 1.807) is 0 Å². The molecule has 0 amide bonds. The van der Waals surface area contributed by atoms with E-state index in [4.69, 9.17) is 0 Å². The molecule has 0 radical (unpaired) electrons. The molecule has 0 aromatic rings. The van der Waals surface area contributed by atoms with Gasteiger partial charge in [0.25, 0.3) is 0 Å². The zero-order chi connectivity index (χ0) is 12.7. The predicted molar refractivity (Wildman–Crippen MR) is 75.4 cm³/mol. The largest absolute Gasteiger partial charge is 0.356 e. The molecule has 1 rings (SSSR count). The predicted octanol–water partition coefficient (Wildman–Crippen LogP) is 2.73. The minimum atomic E-state index is 0.772. The highest BCUT2D eigenvalue weighted by atomic mass is 15.3. The fraction of sp³-hybridized carbons (Fsp3) is 0.929. The van der Waals surface area contributed by atoms with Crippen molar-refractivity contribution in [3.05, 3.63) is 0 Å². The third-order valence-electron chi connectivity index (χ3n) is 3.87. The van der Waals surface area contributed by atoms with Gasteiger partial charge in [-0.15, -0.1) is 0 Å². The van der Waals surface area contributed by atoms with Crippen molar-refractivity contribution < 1.29 is 0 Å². The Morgan fingerprint density at radius 3 is 2.65 bits per heavy atom. The van der Waals surface area contributed by atoms with Gasteiger partial charge in [-0.2, -0.15) is 0 Å². The zero-order valence-corrected chi connectivity index (χ0v) is 12.0. The van der Waals surface area contributed by atoms with Crippen LogP contribution in [0, 0.1) is 11.8 Å². The minimum Gasteiger partial charge on any atom is -0.356 e. The number of likely N-dealkylation sites (tertiary alicyclic amines) is 1. The van der Waals surface area contributed by atoms with Crippen LogP contribution in [-0.4, -0.2) is 37.5 Å². The van der Waals surface area contributed by atoms with E-state index in [1.807, 2.05) is 7.05 Å². The summed E-state index contributed by atoms with van der Waals surface area (Å²) >= 11 is 0. The van der Waals surface area contributed by atoms with Crippen molar-refractivity contribution in [2.24, 2.45) is 16.8 Å². The van der Waals surface area contributed by atoms with Crippen LogP contribution < -0.4 is 5.32 Å². The molecule has 1 atom stereocenters. The molecule has 3 nitrogen and oxygen atoms in total. The summed E-state index contributed by atoms with van der Waals surface area (Å²) in [5.74, 6) is 2.67. The maximum atomic E-state index is 4.42. The number of rotatable bonds is 4. The third kappa shape index (κ3) is 4.57. The molecule has 0 aromatic heterocycles. The van der Waals surface area contributed by atoms with Crippen molar-refractivity contribution in [3.8, 4) is 0 Å². The quantitative estimate of drug-likeness (QED) is 0.603. The van der Waals surface area contributed by atoms with Crippen molar-refractivity contribution >= 4 is 5.96 Å². The van der Waals surface area contributed by atoms with Crippen LogP contribution in [0.25, 0.3) is 0 Å². The van der Waals surface area contributed by atoms with E-state index < -0.39 is 0 Å². The minimum absolute atomic E-state index is 0.772. The van der Waals surface area contributed by atoms with Crippen LogP contribution in [0.5, 0.6) is 0 Å². The molecule has 1 aliphatic heterocycles. The Labute approximate surface area is 107 Å². The molecule has 1 saturated heterocycles. The van der Waals surface area contributed by atoms with E-state index in [0.29, 0.717) is 0 Å². The number of hydrogen-bond donors (Lipinski definition) is 1. The fourth-order valence-electron chi connectivity index (χ4n) is 2.53. The van der Waals surface area contributed by atoms with E-state index in [1.165, 1.54) is 25.7 Å². The normalized spacial score (nSPS) is 22.1. The smallest absolute Gasteiger partial charge is 0.193 e. The lowest BCUT2D eigenvalue weighted by Crippen LogP contribution is -2.47. The topological polar surface area (TPSA) is 27.6 Å². The van der Waals surface area contributed by atoms with Gasteiger partial charge in [0.05, 0.1) is 0 Å². The van der Waals surface area contributed by atoms with Gasteiger partial charge in [-0.25, -0.2) is 0 Å². The molecule has 1 aliphatic rings. The van der Waals surface area contributed by atoms with E-state index in [9.17, 15) is 0 Å². The molecule has 0 bridgehead atoms. The van der Waals surface area contributed by atoms with Crippen LogP contribution in [0.1, 0.15) is 46.5 Å². The summed E-state index contributed by atoms with van der Waals surface area (Å²) in [6.45, 7) is 10.2. The molecule has 1 fully saturated rings. The molecular weight excluding hydrogens is 210 g/mol. The van der Waals surface area contributed by atoms with Gasteiger partial charge in [0, 0.05) is 26.7 Å². The standard InChI is InChI=1S/C14H29N3/c1-5-13(6-2)10-16-14(15-4)17-9-7-8-12(3)11-17/h12-13H,5-11H2,1-4H3,(H,15,16). The van der Waals surface area contributed by atoms with Crippen molar-refractivity contribution in [2.45, 2.75) is 46.5 Å². The molecule has 3 heteroatoms. The second-order valence-electron chi connectivity index (χ2n) is 5.30. The first-order chi connectivity index (χ1) is 8.21. The second kappa shape index (κ2) is 7.57. The summed E-state index contributed by atoms with van der Waals surface area (Å²) in [6, 6.07) is 0. The zero-order valence-electron chi connectivity index (χ0n) is 12.0. The van der Waals surface area contributed by atoms with Gasteiger partial charge in [0.1, 0.15) is 0 Å². The highest BCUT2D eigenvalue weighted by Gasteiger charge is 2.19. The van der Waals surface area contributed by atoms with Crippen LogP contribution in [-0.2, 0) is 0 Å². The maximum Gasteiger partial charge on any atom is 0.193 e. The first kappa shape index (κ1) is 14.3. The van der Waals surface area contributed by atoms with Gasteiger partial charge >= 0.3 is 0 Å². The molecular formula is C14H29N3. The van der Waals surface area contributed by atoms with Gasteiger partial charge in [0.15, 0.2) is 5.96 Å². The molecule has 1 N–H and O–H groups in total. The Balaban J connectivity index is 2.42. The lowest BCUT2D eigenvalue weighted by Gasteiger charge is -2.34. The monoisotopic (exact) mass is 239 g/mol. The van der Waals surface area contributed by atoms with Gasteiger partial charge in [-0.3, -0.25) is 4.99 Å². The number of guanidine groups is 1. The number of piperidine rings is 1. The summed E-state index contributed by atoms with van der Waals surface area (Å²) in [5, 5.41) is 3.54. The average molecular weight is 239 g/mol. The van der Waals surface area contributed by atoms with Gasteiger partial charge in [0.2, 0.25) is 0 Å². The Hall–Kier alpha value is -0.730. The van der Waals surface area contributed by atoms with E-state index in [0.717, 1.165) is 37.4 Å². The Morgan fingerprint density at radius 2 is 2.12 bits per heavy atom. The highest BCUT2D eigenvalue weighted by molar-refractivity contribution is 5.79. The number of nitrogens with zero attached hydrogens (tertiary/aromatic N) is 2. The van der Waals surface area contributed by atoms with Crippen LogP contribution in [0.2, 0.25) is 0 Å². The number of hydrogen-bond acceptors (Lipinski definition) is 1. The van der Waals surface area contributed by atoms with Crippen molar-refractivity contribution in [2.75, 3.05) is 26.7 Å². The molecule has 0 spiro atoms. The molecule has 1 heterocycles. The van der Waals surface area contributed by atoms with Crippen LogP contribution in [0.3, 0.4) is 0 Å². The van der Waals surface area contributed by atoms with Gasteiger partial charge < -0.3 is 10.2 Å². The Bertz CT molecular complexity index is 234. The first-order valence-corrected chi connectivity index (χ1v) is 7.16. The fourth-order valence-corrected chi connectivity index (χ4v) is 2.53. The summed E-state index contributed by atoms with van der Waals surface area (Å²) in [6.07, 6.45) is 5.15. The Kier molecular flexibility index (Phi) is 6.38. The molecule has 100 valence electrons. The van der Waals surface area contributed by atoms with Gasteiger partial charge in [-0.05, 0) is 24.7 Å². The van der Waals surface area contributed by atoms with Crippen LogP contribution in [0.15, 0.2) is 4.99 Å². The van der Waals surface area contributed by atoms with Crippen molar-refractivity contribution in [3.63, 3.8) is 0 Å². The lowest BCUT2D eigenvalue weighted by molar-refractivity contribution is 0.264. The molecule has 0 aromatic carbocycles. The van der Waals surface area contributed by atoms with Gasteiger partial charge in [-0.1, -0.05) is 33.6 Å². The molecule has 0 aliphatic carbocycles. The lowest BCUT2D eigenvalue weighted by atomic mass is 10.0. The van der Waals surface area contributed by atoms with E-state index >= 15 is 0 Å². The van der Waals surface area contributed by atoms with Crippen molar-refractivity contribution in [1.29, 1.82) is 0 Å². The number of aliphatic imine (C=N–C) groups is 1. The molecule has 17 heavy (non-hydrogen) atoms. The van der Waals surface area contributed by atoms with Crippen LogP contribution in [0.4, 0.5) is 0 Å². The van der Waals surface area contributed by atoms with E-state index in [2.05, 4.69) is 36.0 Å². The van der Waals surface area contributed by atoms with Crippen LogP contribution >= 0.6 is 0 Å². The third-order valence-corrected chi connectivity index (χ3v) is 3.87. The van der Waals surface area contributed by atoms with E-state index in [-0.39, 0.29) is 0 Å². The molecule has 1 unspecified atom stereocenters. The maximum absolute atomic E-state index is 4.42. The summed E-state index contributed by atoms with van der Waals surface area (Å²) in [5.41, 5.74) is 0. The average Bonchev–Trinajstić information content (AvgIpc) is 2.35. The molecule has 0 saturated carbocycles. The first-order valence-electron chi connectivity index (χ1n) is 7.16. The summed E-state index contributed by atoms with van der Waals surface area (Å²) in [4.78, 5) is 6.83. The summed E-state index contributed by atoms with van der Waals surface area (Å²) in [7, 11) is 1.90. The SMILES string of the molecule is CCC(CC)CNC(=NC)N1CCCC(C)C1. The Morgan fingerprint density at radius 1 is 1.41 bits per heavy atom.